The SMILES string of the molecule is CC(C)C[C@@H](NC(=O)c1cc(C(N)=O)n(-c2ccccc2)n1)C(=O)O. The van der Waals surface area contributed by atoms with E-state index >= 15 is 0 Å². The van der Waals surface area contributed by atoms with Crippen molar-refractivity contribution in [3.8, 4) is 5.69 Å². The van der Waals surface area contributed by atoms with Gasteiger partial charge in [-0.2, -0.15) is 5.10 Å². The molecule has 1 aromatic carbocycles. The van der Waals surface area contributed by atoms with E-state index in [2.05, 4.69) is 10.4 Å². The molecule has 1 heterocycles. The van der Waals surface area contributed by atoms with Gasteiger partial charge in [0.2, 0.25) is 0 Å². The van der Waals surface area contributed by atoms with Crippen LogP contribution in [0.4, 0.5) is 0 Å². The van der Waals surface area contributed by atoms with E-state index < -0.39 is 23.8 Å². The zero-order valence-electron chi connectivity index (χ0n) is 14.0. The topological polar surface area (TPSA) is 127 Å². The molecular formula is C17H20N4O4. The summed E-state index contributed by atoms with van der Waals surface area (Å²) in [7, 11) is 0. The maximum absolute atomic E-state index is 12.4. The molecule has 2 amide bonds. The summed E-state index contributed by atoms with van der Waals surface area (Å²) < 4.78 is 1.26. The molecule has 0 bridgehead atoms. The molecule has 0 aliphatic carbocycles. The highest BCUT2D eigenvalue weighted by molar-refractivity contribution is 5.98. The van der Waals surface area contributed by atoms with Crippen LogP contribution < -0.4 is 11.1 Å². The Morgan fingerprint density at radius 1 is 1.24 bits per heavy atom. The van der Waals surface area contributed by atoms with Crippen molar-refractivity contribution >= 4 is 17.8 Å². The fourth-order valence-electron chi connectivity index (χ4n) is 2.36. The number of primary amides is 1. The Kier molecular flexibility index (Phi) is 5.53. The predicted octanol–water partition coefficient (Wildman–Crippen LogP) is 1.20. The van der Waals surface area contributed by atoms with E-state index in [0.29, 0.717) is 5.69 Å². The van der Waals surface area contributed by atoms with Crippen LogP contribution in [0.3, 0.4) is 0 Å². The molecule has 0 aliphatic heterocycles. The molecule has 25 heavy (non-hydrogen) atoms. The molecule has 2 rings (SSSR count). The molecule has 1 aromatic heterocycles. The van der Waals surface area contributed by atoms with Crippen LogP contribution in [-0.4, -0.2) is 38.7 Å². The third-order valence-electron chi connectivity index (χ3n) is 3.51. The number of nitrogens with two attached hydrogens (primary N) is 1. The first kappa shape index (κ1) is 18.2. The summed E-state index contributed by atoms with van der Waals surface area (Å²) in [5.74, 6) is -2.46. The number of benzene rings is 1. The second-order valence-corrected chi connectivity index (χ2v) is 6.02. The zero-order valence-corrected chi connectivity index (χ0v) is 14.0. The van der Waals surface area contributed by atoms with Gasteiger partial charge in [0, 0.05) is 6.07 Å². The van der Waals surface area contributed by atoms with Gasteiger partial charge in [-0.15, -0.1) is 0 Å². The lowest BCUT2D eigenvalue weighted by atomic mass is 10.0. The number of carbonyl (C=O) groups excluding carboxylic acids is 2. The van der Waals surface area contributed by atoms with Crippen LogP contribution in [0.1, 0.15) is 41.2 Å². The molecule has 4 N–H and O–H groups in total. The number of hydrogen-bond donors (Lipinski definition) is 3. The Bertz CT molecular complexity index is 783. The molecule has 0 spiro atoms. The normalized spacial score (nSPS) is 12.0. The van der Waals surface area contributed by atoms with Crippen LogP contribution in [0.5, 0.6) is 0 Å². The standard InChI is InChI=1S/C17H20N4O4/c1-10(2)8-13(17(24)25)19-16(23)12-9-14(15(18)22)21(20-12)11-6-4-3-5-7-11/h3-7,9-10,13H,8H2,1-2H3,(H2,18,22)(H,19,23)(H,24,25)/t13-/m1/s1. The van der Waals surface area contributed by atoms with E-state index in [9.17, 15) is 19.5 Å². The molecule has 0 radical (unpaired) electrons. The lowest BCUT2D eigenvalue weighted by molar-refractivity contribution is -0.139. The minimum absolute atomic E-state index is 0.0343. The minimum atomic E-state index is -1.13. The summed E-state index contributed by atoms with van der Waals surface area (Å²) in [6.45, 7) is 3.72. The number of para-hydroxylation sites is 1. The zero-order chi connectivity index (χ0) is 18.6. The summed E-state index contributed by atoms with van der Waals surface area (Å²) in [5.41, 5.74) is 5.88. The van der Waals surface area contributed by atoms with E-state index in [0.717, 1.165) is 0 Å². The van der Waals surface area contributed by atoms with Crippen LogP contribution >= 0.6 is 0 Å². The maximum Gasteiger partial charge on any atom is 0.326 e. The minimum Gasteiger partial charge on any atom is -0.480 e. The van der Waals surface area contributed by atoms with E-state index in [1.54, 1.807) is 30.3 Å². The highest BCUT2D eigenvalue weighted by atomic mass is 16.4. The van der Waals surface area contributed by atoms with E-state index in [1.807, 2.05) is 13.8 Å². The molecule has 1 atom stereocenters. The number of carboxylic acid groups (broad SMARTS) is 1. The average Bonchev–Trinajstić information content (AvgIpc) is 3.00. The summed E-state index contributed by atoms with van der Waals surface area (Å²) in [6, 6.07) is 8.94. The van der Waals surface area contributed by atoms with Gasteiger partial charge in [-0.3, -0.25) is 9.59 Å². The van der Waals surface area contributed by atoms with Crippen LogP contribution in [0, 0.1) is 5.92 Å². The maximum atomic E-state index is 12.4. The Hall–Kier alpha value is -3.16. The van der Waals surface area contributed by atoms with Gasteiger partial charge in [0.05, 0.1) is 5.69 Å². The number of nitrogens with zero attached hydrogens (tertiary/aromatic N) is 2. The quantitative estimate of drug-likeness (QED) is 0.695. The van der Waals surface area contributed by atoms with Crippen LogP contribution in [0.2, 0.25) is 0 Å². The van der Waals surface area contributed by atoms with Gasteiger partial charge in [0.1, 0.15) is 11.7 Å². The Morgan fingerprint density at radius 3 is 2.40 bits per heavy atom. The fraction of sp³-hybridized carbons (Fsp3) is 0.294. The van der Waals surface area contributed by atoms with Crippen LogP contribution in [-0.2, 0) is 4.79 Å². The monoisotopic (exact) mass is 344 g/mol. The lowest BCUT2D eigenvalue weighted by Gasteiger charge is -2.15. The van der Waals surface area contributed by atoms with Crippen molar-refractivity contribution in [2.24, 2.45) is 11.7 Å². The van der Waals surface area contributed by atoms with Crippen molar-refractivity contribution in [3.63, 3.8) is 0 Å². The second kappa shape index (κ2) is 7.61. The average molecular weight is 344 g/mol. The third kappa shape index (κ3) is 4.43. The molecule has 8 heteroatoms. The van der Waals surface area contributed by atoms with Gasteiger partial charge < -0.3 is 16.2 Å². The Labute approximate surface area is 144 Å². The summed E-state index contributed by atoms with van der Waals surface area (Å²) in [6.07, 6.45) is 0.281. The van der Waals surface area contributed by atoms with Gasteiger partial charge in [-0.25, -0.2) is 9.48 Å². The van der Waals surface area contributed by atoms with E-state index in [-0.39, 0.29) is 23.7 Å². The van der Waals surface area contributed by atoms with Gasteiger partial charge in [-0.05, 0) is 24.5 Å². The molecular weight excluding hydrogens is 324 g/mol. The first-order valence-electron chi connectivity index (χ1n) is 7.78. The highest BCUT2D eigenvalue weighted by Crippen LogP contribution is 2.13. The number of amides is 2. The first-order valence-corrected chi connectivity index (χ1v) is 7.78. The number of aromatic nitrogens is 2. The number of carboxylic acids is 1. The highest BCUT2D eigenvalue weighted by Gasteiger charge is 2.24. The van der Waals surface area contributed by atoms with Crippen molar-refractivity contribution in [3.05, 3.63) is 47.8 Å². The fourth-order valence-corrected chi connectivity index (χ4v) is 2.36. The number of hydrogen-bond acceptors (Lipinski definition) is 4. The summed E-state index contributed by atoms with van der Waals surface area (Å²) in [4.78, 5) is 35.3. The molecule has 0 unspecified atom stereocenters. The molecule has 0 aliphatic rings. The number of carbonyl (C=O) groups is 3. The number of aliphatic carboxylic acids is 1. The molecule has 0 saturated heterocycles. The third-order valence-corrected chi connectivity index (χ3v) is 3.51. The lowest BCUT2D eigenvalue weighted by Crippen LogP contribution is -2.41. The van der Waals surface area contributed by atoms with Crippen molar-refractivity contribution in [1.29, 1.82) is 0 Å². The largest absolute Gasteiger partial charge is 0.480 e. The van der Waals surface area contributed by atoms with Gasteiger partial charge >= 0.3 is 5.97 Å². The van der Waals surface area contributed by atoms with Crippen molar-refractivity contribution in [1.82, 2.24) is 15.1 Å². The smallest absolute Gasteiger partial charge is 0.326 e. The van der Waals surface area contributed by atoms with E-state index in [4.69, 9.17) is 5.73 Å². The summed E-state index contributed by atoms with van der Waals surface area (Å²) in [5, 5.41) is 15.8. The van der Waals surface area contributed by atoms with Crippen molar-refractivity contribution < 1.29 is 19.5 Å². The first-order chi connectivity index (χ1) is 11.8. The molecule has 8 nitrogen and oxygen atoms in total. The molecule has 0 fully saturated rings. The van der Waals surface area contributed by atoms with Gasteiger partial charge in [0.25, 0.3) is 11.8 Å². The molecule has 2 aromatic rings. The van der Waals surface area contributed by atoms with Crippen LogP contribution in [0.25, 0.3) is 5.69 Å². The van der Waals surface area contributed by atoms with Crippen LogP contribution in [0.15, 0.2) is 36.4 Å². The van der Waals surface area contributed by atoms with Crippen molar-refractivity contribution in [2.75, 3.05) is 0 Å². The predicted molar refractivity (Wildman–Crippen MR) is 90.4 cm³/mol. The van der Waals surface area contributed by atoms with E-state index in [1.165, 1.54) is 10.7 Å². The van der Waals surface area contributed by atoms with Gasteiger partial charge in [-0.1, -0.05) is 32.0 Å². The van der Waals surface area contributed by atoms with Crippen molar-refractivity contribution in [2.45, 2.75) is 26.3 Å². The molecule has 132 valence electrons. The summed E-state index contributed by atoms with van der Waals surface area (Å²) >= 11 is 0. The number of nitrogens with one attached hydrogen (secondary N) is 1. The Morgan fingerprint density at radius 2 is 1.88 bits per heavy atom. The second-order valence-electron chi connectivity index (χ2n) is 6.02. The van der Waals surface area contributed by atoms with Gasteiger partial charge in [0.15, 0.2) is 5.69 Å². The number of rotatable bonds is 7. The Balaban J connectivity index is 2.31. The molecule has 0 saturated carbocycles.